The van der Waals surface area contributed by atoms with Crippen molar-refractivity contribution in [1.29, 1.82) is 0 Å². The summed E-state index contributed by atoms with van der Waals surface area (Å²) in [6.45, 7) is 9.88. The molecule has 1 aromatic rings. The van der Waals surface area contributed by atoms with Gasteiger partial charge in [-0.3, -0.25) is 9.89 Å². The number of benzene rings is 1. The van der Waals surface area contributed by atoms with Gasteiger partial charge >= 0.3 is 0 Å². The molecule has 0 spiro atoms. The Morgan fingerprint density at radius 2 is 1.92 bits per heavy atom. The Balaban J connectivity index is 0.00000338. The Kier molecular flexibility index (Phi) is 14.1. The fourth-order valence-electron chi connectivity index (χ4n) is 2.66. The average molecular weight is 492 g/mol. The number of unbranched alkanes of at least 4 members (excludes halogenated alkanes) is 1. The molecule has 1 saturated heterocycles. The van der Waals surface area contributed by atoms with Crippen molar-refractivity contribution >= 4 is 41.7 Å². The van der Waals surface area contributed by atoms with Crippen LogP contribution in [0, 0.1) is 0 Å². The molecule has 0 saturated carbocycles. The standard InChI is InChI=1S/C19H32N4OS.HI/c1-2-20-19(22-11-17-25-18-8-4-3-5-9-18)21-10-6-7-12-23-13-15-24-16-14-23;/h3-5,8-9H,2,6-7,10-17H2,1H3,(H2,20,21,22);1H. The first-order chi connectivity index (χ1) is 12.4. The number of halogens is 1. The zero-order valence-corrected chi connectivity index (χ0v) is 18.9. The first-order valence-electron chi connectivity index (χ1n) is 9.38. The molecule has 0 atom stereocenters. The van der Waals surface area contributed by atoms with E-state index in [0.717, 1.165) is 70.6 Å². The second kappa shape index (κ2) is 15.5. The lowest BCUT2D eigenvalue weighted by Crippen LogP contribution is -2.38. The van der Waals surface area contributed by atoms with Crippen molar-refractivity contribution < 1.29 is 4.74 Å². The Morgan fingerprint density at radius 1 is 1.15 bits per heavy atom. The van der Waals surface area contributed by atoms with Crippen LogP contribution in [0.15, 0.2) is 40.2 Å². The molecule has 1 aliphatic heterocycles. The van der Waals surface area contributed by atoms with Gasteiger partial charge in [0.25, 0.3) is 0 Å². The minimum atomic E-state index is 0. The van der Waals surface area contributed by atoms with E-state index in [-0.39, 0.29) is 24.0 Å². The molecule has 7 heteroatoms. The van der Waals surface area contributed by atoms with Gasteiger partial charge < -0.3 is 15.4 Å². The van der Waals surface area contributed by atoms with Crippen molar-refractivity contribution in [3.05, 3.63) is 30.3 Å². The van der Waals surface area contributed by atoms with E-state index in [2.05, 4.69) is 57.8 Å². The number of hydrogen-bond donors (Lipinski definition) is 2. The minimum absolute atomic E-state index is 0. The molecule has 0 aromatic heterocycles. The molecule has 0 unspecified atom stereocenters. The third kappa shape index (κ3) is 10.6. The number of thioether (sulfide) groups is 1. The molecule has 0 radical (unpaired) electrons. The van der Waals surface area contributed by atoms with Gasteiger partial charge in [0.05, 0.1) is 13.2 Å². The van der Waals surface area contributed by atoms with Crippen molar-refractivity contribution in [2.24, 2.45) is 4.99 Å². The average Bonchev–Trinajstić information content (AvgIpc) is 2.66. The largest absolute Gasteiger partial charge is 0.379 e. The smallest absolute Gasteiger partial charge is 0.191 e. The summed E-state index contributed by atoms with van der Waals surface area (Å²) in [5.74, 6) is 1.97. The highest BCUT2D eigenvalue weighted by atomic mass is 127. The van der Waals surface area contributed by atoms with Crippen molar-refractivity contribution in [3.8, 4) is 0 Å². The molecule has 1 heterocycles. The number of rotatable bonds is 10. The summed E-state index contributed by atoms with van der Waals surface area (Å²) in [6, 6.07) is 10.5. The summed E-state index contributed by atoms with van der Waals surface area (Å²) in [7, 11) is 0. The van der Waals surface area contributed by atoms with Crippen molar-refractivity contribution in [2.75, 3.05) is 58.2 Å². The van der Waals surface area contributed by atoms with E-state index in [1.165, 1.54) is 11.3 Å². The molecule has 2 N–H and O–H groups in total. The van der Waals surface area contributed by atoms with Crippen molar-refractivity contribution in [1.82, 2.24) is 15.5 Å². The van der Waals surface area contributed by atoms with Crippen LogP contribution in [-0.2, 0) is 4.74 Å². The maximum Gasteiger partial charge on any atom is 0.191 e. The van der Waals surface area contributed by atoms with Crippen LogP contribution < -0.4 is 10.6 Å². The summed E-state index contributed by atoms with van der Waals surface area (Å²) < 4.78 is 5.38. The van der Waals surface area contributed by atoms with Crippen molar-refractivity contribution in [2.45, 2.75) is 24.7 Å². The van der Waals surface area contributed by atoms with Crippen LogP contribution in [0.1, 0.15) is 19.8 Å². The monoisotopic (exact) mass is 492 g/mol. The Hall–Kier alpha value is -0.510. The van der Waals surface area contributed by atoms with Crippen LogP contribution in [-0.4, -0.2) is 69.1 Å². The van der Waals surface area contributed by atoms with E-state index in [4.69, 9.17) is 4.74 Å². The quantitative estimate of drug-likeness (QED) is 0.173. The second-order valence-corrected chi connectivity index (χ2v) is 7.18. The molecule has 0 amide bonds. The van der Waals surface area contributed by atoms with E-state index >= 15 is 0 Å². The maximum atomic E-state index is 5.38. The number of aliphatic imine (C=N–C) groups is 1. The predicted molar refractivity (Wildman–Crippen MR) is 123 cm³/mol. The van der Waals surface area contributed by atoms with Gasteiger partial charge in [-0.1, -0.05) is 18.2 Å². The van der Waals surface area contributed by atoms with Gasteiger partial charge in [0.15, 0.2) is 5.96 Å². The molecular weight excluding hydrogens is 459 g/mol. The topological polar surface area (TPSA) is 48.9 Å². The fraction of sp³-hybridized carbons (Fsp3) is 0.632. The number of guanidine groups is 1. The Morgan fingerprint density at radius 3 is 2.65 bits per heavy atom. The molecule has 5 nitrogen and oxygen atoms in total. The SMILES string of the molecule is CCNC(=NCCCCN1CCOCC1)NCCSc1ccccc1.I. The lowest BCUT2D eigenvalue weighted by atomic mass is 10.3. The zero-order chi connectivity index (χ0) is 17.6. The summed E-state index contributed by atoms with van der Waals surface area (Å²) in [5, 5.41) is 6.75. The van der Waals surface area contributed by atoms with E-state index < -0.39 is 0 Å². The lowest BCUT2D eigenvalue weighted by Gasteiger charge is -2.26. The third-order valence-electron chi connectivity index (χ3n) is 4.01. The minimum Gasteiger partial charge on any atom is -0.379 e. The van der Waals surface area contributed by atoms with Gasteiger partial charge in [0.1, 0.15) is 0 Å². The number of hydrogen-bond acceptors (Lipinski definition) is 4. The highest BCUT2D eigenvalue weighted by molar-refractivity contribution is 14.0. The van der Waals surface area contributed by atoms with Crippen LogP contribution in [0.2, 0.25) is 0 Å². The van der Waals surface area contributed by atoms with Gasteiger partial charge in [0.2, 0.25) is 0 Å². The molecule has 1 aliphatic rings. The van der Waals surface area contributed by atoms with Gasteiger partial charge in [-0.25, -0.2) is 0 Å². The highest BCUT2D eigenvalue weighted by Gasteiger charge is 2.08. The first kappa shape index (κ1) is 23.5. The second-order valence-electron chi connectivity index (χ2n) is 6.01. The summed E-state index contributed by atoms with van der Waals surface area (Å²) in [6.07, 6.45) is 2.33. The molecule has 148 valence electrons. The van der Waals surface area contributed by atoms with E-state index in [1.54, 1.807) is 0 Å². The molecule has 26 heavy (non-hydrogen) atoms. The number of ether oxygens (including phenoxy) is 1. The fourth-order valence-corrected chi connectivity index (χ4v) is 3.45. The van der Waals surface area contributed by atoms with Crippen molar-refractivity contribution in [3.63, 3.8) is 0 Å². The van der Waals surface area contributed by atoms with Gasteiger partial charge in [0, 0.05) is 43.4 Å². The first-order valence-corrected chi connectivity index (χ1v) is 10.4. The Labute approximate surface area is 179 Å². The zero-order valence-electron chi connectivity index (χ0n) is 15.8. The van der Waals surface area contributed by atoms with Crippen LogP contribution in [0.3, 0.4) is 0 Å². The number of morpholine rings is 1. The predicted octanol–water partition coefficient (Wildman–Crippen LogP) is 3.06. The van der Waals surface area contributed by atoms with Gasteiger partial charge in [-0.05, 0) is 38.4 Å². The van der Waals surface area contributed by atoms with E-state index in [1.807, 2.05) is 11.8 Å². The van der Waals surface area contributed by atoms with Gasteiger partial charge in [-0.15, -0.1) is 35.7 Å². The third-order valence-corrected chi connectivity index (χ3v) is 5.02. The normalized spacial score (nSPS) is 15.3. The summed E-state index contributed by atoms with van der Waals surface area (Å²) >= 11 is 1.87. The van der Waals surface area contributed by atoms with E-state index in [9.17, 15) is 0 Å². The highest BCUT2D eigenvalue weighted by Crippen LogP contribution is 2.15. The number of nitrogens with zero attached hydrogens (tertiary/aromatic N) is 2. The molecule has 2 rings (SSSR count). The van der Waals surface area contributed by atoms with Crippen LogP contribution in [0.25, 0.3) is 0 Å². The summed E-state index contributed by atoms with van der Waals surface area (Å²) in [5.41, 5.74) is 0. The lowest BCUT2D eigenvalue weighted by molar-refractivity contribution is 0.0373. The molecule has 1 fully saturated rings. The molecule has 0 aliphatic carbocycles. The maximum absolute atomic E-state index is 5.38. The van der Waals surface area contributed by atoms with Crippen LogP contribution in [0.4, 0.5) is 0 Å². The molecule has 1 aromatic carbocycles. The molecular formula is C19H33IN4OS. The summed E-state index contributed by atoms with van der Waals surface area (Å²) in [4.78, 5) is 8.48. The van der Waals surface area contributed by atoms with E-state index in [0.29, 0.717) is 0 Å². The van der Waals surface area contributed by atoms with Crippen LogP contribution >= 0.6 is 35.7 Å². The van der Waals surface area contributed by atoms with Crippen LogP contribution in [0.5, 0.6) is 0 Å². The molecule has 0 bridgehead atoms. The Bertz CT molecular complexity index is 484. The number of nitrogens with one attached hydrogen (secondary N) is 2. The van der Waals surface area contributed by atoms with Gasteiger partial charge in [-0.2, -0.15) is 0 Å².